The number of nitrogens with two attached hydrogens (primary N) is 3. The van der Waals surface area contributed by atoms with Crippen LogP contribution in [0.3, 0.4) is 0 Å². The SMILES string of the molecule is CCN[C@H]1C[C@@H](N)[C@H](O[C@@H]2O[C@@H](CN)CC[C@@H]2N)[C@H](O)[C@@H]1O[C@@H]1OC[C@](C)(O)[C@H](NC)[C@H]1O. The highest BCUT2D eigenvalue weighted by atomic mass is 16.7. The summed E-state index contributed by atoms with van der Waals surface area (Å²) in [5.41, 5.74) is 17.1. The standard InChI is InChI=1S/C21H43N5O7/c1-4-26-13-7-12(24)16(32-19-11(23)6-5-10(8-22)31-19)14(27)17(13)33-20-15(28)18(25-3)21(2,29)9-30-20/h10-20,25-29H,4-9,22-24H2,1-3H3/t10-,11+,12-,13+,14+,15-,16+,17-,18-,19+,20+,21+/m1/s1. The van der Waals surface area contributed by atoms with Crippen LogP contribution in [-0.2, 0) is 18.9 Å². The summed E-state index contributed by atoms with van der Waals surface area (Å²) >= 11 is 0. The van der Waals surface area contributed by atoms with E-state index in [0.717, 1.165) is 6.42 Å². The molecule has 11 N–H and O–H groups in total. The van der Waals surface area contributed by atoms with E-state index in [-0.39, 0.29) is 24.8 Å². The Labute approximate surface area is 195 Å². The first-order valence-electron chi connectivity index (χ1n) is 11.9. The quantitative estimate of drug-likeness (QED) is 0.173. The second-order valence-electron chi connectivity index (χ2n) is 9.65. The van der Waals surface area contributed by atoms with E-state index in [1.807, 2.05) is 6.92 Å². The minimum absolute atomic E-state index is 0.0421. The summed E-state index contributed by atoms with van der Waals surface area (Å²) in [7, 11) is 1.65. The Kier molecular flexibility index (Phi) is 9.45. The summed E-state index contributed by atoms with van der Waals surface area (Å²) in [6, 6.07) is -1.84. The summed E-state index contributed by atoms with van der Waals surface area (Å²) in [5.74, 6) is 0. The molecule has 3 rings (SSSR count). The van der Waals surface area contributed by atoms with E-state index in [0.29, 0.717) is 25.9 Å². The van der Waals surface area contributed by atoms with Crippen molar-refractivity contribution in [1.29, 1.82) is 0 Å². The van der Waals surface area contributed by atoms with E-state index in [9.17, 15) is 15.3 Å². The monoisotopic (exact) mass is 477 g/mol. The average Bonchev–Trinajstić information content (AvgIpc) is 2.76. The van der Waals surface area contributed by atoms with Gasteiger partial charge in [-0.1, -0.05) is 6.92 Å². The van der Waals surface area contributed by atoms with Gasteiger partial charge in [0.15, 0.2) is 12.6 Å². The van der Waals surface area contributed by atoms with Crippen LogP contribution in [0.5, 0.6) is 0 Å². The fourth-order valence-electron chi connectivity index (χ4n) is 5.11. The molecule has 0 spiro atoms. The van der Waals surface area contributed by atoms with E-state index in [1.165, 1.54) is 0 Å². The molecule has 1 aliphatic carbocycles. The van der Waals surface area contributed by atoms with Crippen LogP contribution in [0.25, 0.3) is 0 Å². The van der Waals surface area contributed by atoms with Gasteiger partial charge in [0.1, 0.15) is 30.0 Å². The number of aliphatic hydroxyl groups is 3. The molecule has 0 radical (unpaired) electrons. The van der Waals surface area contributed by atoms with E-state index in [4.69, 9.17) is 36.1 Å². The first-order valence-corrected chi connectivity index (χ1v) is 11.9. The normalized spacial score (nSPS) is 49.2. The Balaban J connectivity index is 1.74. The third kappa shape index (κ3) is 6.02. The van der Waals surface area contributed by atoms with Crippen LogP contribution in [0.15, 0.2) is 0 Å². The second kappa shape index (κ2) is 11.5. The molecule has 0 aromatic heterocycles. The number of hydrogen-bond acceptors (Lipinski definition) is 12. The molecular weight excluding hydrogens is 434 g/mol. The minimum Gasteiger partial charge on any atom is -0.388 e. The molecule has 0 aromatic rings. The molecule has 194 valence electrons. The molecule has 3 fully saturated rings. The molecule has 2 aliphatic heterocycles. The van der Waals surface area contributed by atoms with E-state index >= 15 is 0 Å². The zero-order valence-corrected chi connectivity index (χ0v) is 19.8. The molecular formula is C21H43N5O7. The van der Waals surface area contributed by atoms with Crippen LogP contribution in [0.1, 0.15) is 33.1 Å². The van der Waals surface area contributed by atoms with Crippen molar-refractivity contribution in [3.8, 4) is 0 Å². The zero-order chi connectivity index (χ0) is 24.3. The number of hydrogen-bond donors (Lipinski definition) is 8. The van der Waals surface area contributed by atoms with Gasteiger partial charge in [-0.3, -0.25) is 0 Å². The van der Waals surface area contributed by atoms with Crippen molar-refractivity contribution in [2.24, 2.45) is 17.2 Å². The van der Waals surface area contributed by atoms with Gasteiger partial charge in [0.05, 0.1) is 24.8 Å². The van der Waals surface area contributed by atoms with Gasteiger partial charge in [0.25, 0.3) is 0 Å². The van der Waals surface area contributed by atoms with Crippen LogP contribution >= 0.6 is 0 Å². The maximum atomic E-state index is 11.3. The molecule has 12 nitrogen and oxygen atoms in total. The number of ether oxygens (including phenoxy) is 4. The van der Waals surface area contributed by atoms with Gasteiger partial charge < -0.3 is 62.1 Å². The summed E-state index contributed by atoms with van der Waals surface area (Å²) < 4.78 is 23.7. The lowest BCUT2D eigenvalue weighted by Gasteiger charge is -2.49. The van der Waals surface area contributed by atoms with Gasteiger partial charge in [-0.25, -0.2) is 0 Å². The van der Waals surface area contributed by atoms with E-state index in [1.54, 1.807) is 14.0 Å². The smallest absolute Gasteiger partial charge is 0.185 e. The minimum atomic E-state index is -1.28. The summed E-state index contributed by atoms with van der Waals surface area (Å²) in [5, 5.41) is 38.8. The Hall–Kier alpha value is -0.480. The highest BCUT2D eigenvalue weighted by molar-refractivity contribution is 5.02. The highest BCUT2D eigenvalue weighted by Crippen LogP contribution is 2.32. The second-order valence-corrected chi connectivity index (χ2v) is 9.65. The van der Waals surface area contributed by atoms with Crippen molar-refractivity contribution >= 4 is 0 Å². The lowest BCUT2D eigenvalue weighted by Crippen LogP contribution is -2.69. The lowest BCUT2D eigenvalue weighted by molar-refractivity contribution is -0.308. The number of rotatable bonds is 8. The Morgan fingerprint density at radius 1 is 1.06 bits per heavy atom. The van der Waals surface area contributed by atoms with Crippen LogP contribution in [0, 0.1) is 0 Å². The van der Waals surface area contributed by atoms with Gasteiger partial charge in [-0.15, -0.1) is 0 Å². The Morgan fingerprint density at radius 2 is 1.76 bits per heavy atom. The Morgan fingerprint density at radius 3 is 2.39 bits per heavy atom. The van der Waals surface area contributed by atoms with E-state index in [2.05, 4.69) is 10.6 Å². The van der Waals surface area contributed by atoms with Crippen molar-refractivity contribution in [3.05, 3.63) is 0 Å². The van der Waals surface area contributed by atoms with Gasteiger partial charge in [-0.05, 0) is 39.8 Å². The number of nitrogens with one attached hydrogen (secondary N) is 2. The van der Waals surface area contributed by atoms with Crippen molar-refractivity contribution in [2.75, 3.05) is 26.7 Å². The van der Waals surface area contributed by atoms with Crippen LogP contribution in [0.2, 0.25) is 0 Å². The van der Waals surface area contributed by atoms with Crippen LogP contribution < -0.4 is 27.8 Å². The van der Waals surface area contributed by atoms with Gasteiger partial charge in [0.2, 0.25) is 0 Å². The largest absolute Gasteiger partial charge is 0.388 e. The third-order valence-corrected chi connectivity index (χ3v) is 6.97. The average molecular weight is 478 g/mol. The topological polar surface area (TPSA) is 200 Å². The maximum absolute atomic E-state index is 11.3. The van der Waals surface area contributed by atoms with Gasteiger partial charge in [-0.2, -0.15) is 0 Å². The molecule has 0 unspecified atom stereocenters. The van der Waals surface area contributed by atoms with E-state index < -0.39 is 54.7 Å². The molecule has 12 atom stereocenters. The van der Waals surface area contributed by atoms with Gasteiger partial charge >= 0.3 is 0 Å². The van der Waals surface area contributed by atoms with Gasteiger partial charge in [0, 0.05) is 18.6 Å². The molecule has 3 aliphatic rings. The van der Waals surface area contributed by atoms with Crippen molar-refractivity contribution in [3.63, 3.8) is 0 Å². The molecule has 33 heavy (non-hydrogen) atoms. The molecule has 0 amide bonds. The van der Waals surface area contributed by atoms with Crippen molar-refractivity contribution in [2.45, 2.75) is 106 Å². The molecule has 12 heteroatoms. The predicted molar refractivity (Wildman–Crippen MR) is 120 cm³/mol. The third-order valence-electron chi connectivity index (χ3n) is 6.97. The van der Waals surface area contributed by atoms with Crippen LogP contribution in [-0.4, -0.2) is 115 Å². The lowest BCUT2D eigenvalue weighted by atomic mass is 9.83. The molecule has 1 saturated carbocycles. The highest BCUT2D eigenvalue weighted by Gasteiger charge is 2.51. The summed E-state index contributed by atoms with van der Waals surface area (Å²) in [4.78, 5) is 0. The first kappa shape index (κ1) is 27.1. The fourth-order valence-corrected chi connectivity index (χ4v) is 5.11. The van der Waals surface area contributed by atoms with Crippen molar-refractivity contribution in [1.82, 2.24) is 10.6 Å². The predicted octanol–water partition coefficient (Wildman–Crippen LogP) is -3.33. The molecule has 2 heterocycles. The maximum Gasteiger partial charge on any atom is 0.185 e. The fraction of sp³-hybridized carbons (Fsp3) is 1.00. The zero-order valence-electron chi connectivity index (χ0n) is 19.8. The molecule has 2 saturated heterocycles. The summed E-state index contributed by atoms with van der Waals surface area (Å²) in [6.45, 7) is 4.47. The molecule has 0 aromatic carbocycles. The first-order chi connectivity index (χ1) is 15.6. The summed E-state index contributed by atoms with van der Waals surface area (Å²) in [6.07, 6.45) is -3.97. The Bertz CT molecular complexity index is 618. The van der Waals surface area contributed by atoms with Crippen LogP contribution in [0.4, 0.5) is 0 Å². The molecule has 0 bridgehead atoms. The number of likely N-dealkylation sites (N-methyl/N-ethyl adjacent to an activating group) is 2. The number of aliphatic hydroxyl groups excluding tert-OH is 2. The van der Waals surface area contributed by atoms with Crippen molar-refractivity contribution < 1.29 is 34.3 Å².